The van der Waals surface area contributed by atoms with Crippen molar-refractivity contribution in [3.05, 3.63) is 29.6 Å². The number of carbonyl (C=O) groups excluding carboxylic acids is 1. The molecule has 1 fully saturated rings. The number of hydrogen-bond donors (Lipinski definition) is 0. The highest BCUT2D eigenvalue weighted by molar-refractivity contribution is 5.92. The van der Waals surface area contributed by atoms with Crippen molar-refractivity contribution in [2.45, 2.75) is 33.1 Å². The number of likely N-dealkylation sites (tertiary alicyclic amines) is 1. The predicted octanol–water partition coefficient (Wildman–Crippen LogP) is 2.52. The lowest BCUT2D eigenvalue weighted by molar-refractivity contribution is 0.0786. The van der Waals surface area contributed by atoms with E-state index in [2.05, 4.69) is 18.8 Å². The molecule has 3 heteroatoms. The highest BCUT2D eigenvalue weighted by atomic mass is 16.2. The summed E-state index contributed by atoms with van der Waals surface area (Å²) in [5.74, 6) is 0.660. The van der Waals surface area contributed by atoms with Crippen molar-refractivity contribution >= 4 is 5.91 Å². The molecule has 0 aliphatic carbocycles. The number of nitrogens with zero attached hydrogens (tertiary/aromatic N) is 2. The standard InChI is InChI=1S/C14H20N2O/c1-11(2)10-12-6-5-7-13(15-12)14(17)16-8-3-4-9-16/h5-7,11H,3-4,8-10H2,1-2H3. The summed E-state index contributed by atoms with van der Waals surface area (Å²) >= 11 is 0. The van der Waals surface area contributed by atoms with Gasteiger partial charge in [-0.25, -0.2) is 4.98 Å². The van der Waals surface area contributed by atoms with Crippen LogP contribution in [0, 0.1) is 5.92 Å². The van der Waals surface area contributed by atoms with Crippen LogP contribution in [0.4, 0.5) is 0 Å². The molecule has 0 aromatic carbocycles. The van der Waals surface area contributed by atoms with Gasteiger partial charge in [0.15, 0.2) is 0 Å². The summed E-state index contributed by atoms with van der Waals surface area (Å²) in [6.45, 7) is 6.09. The van der Waals surface area contributed by atoms with Crippen LogP contribution in [0.1, 0.15) is 42.9 Å². The zero-order valence-electron chi connectivity index (χ0n) is 10.6. The van der Waals surface area contributed by atoms with E-state index < -0.39 is 0 Å². The molecule has 1 saturated heterocycles. The van der Waals surface area contributed by atoms with Gasteiger partial charge in [0.25, 0.3) is 5.91 Å². The molecule has 1 aliphatic heterocycles. The molecule has 2 heterocycles. The molecule has 92 valence electrons. The van der Waals surface area contributed by atoms with Crippen LogP contribution in [0.3, 0.4) is 0 Å². The molecule has 1 aromatic rings. The van der Waals surface area contributed by atoms with E-state index >= 15 is 0 Å². The number of aromatic nitrogens is 1. The second kappa shape index (κ2) is 5.30. The second-order valence-electron chi connectivity index (χ2n) is 5.11. The molecule has 0 radical (unpaired) electrons. The average Bonchev–Trinajstić information content (AvgIpc) is 2.81. The van der Waals surface area contributed by atoms with Crippen molar-refractivity contribution in [2.75, 3.05) is 13.1 Å². The van der Waals surface area contributed by atoms with Crippen LogP contribution in [0.15, 0.2) is 18.2 Å². The maximum Gasteiger partial charge on any atom is 0.272 e. The van der Waals surface area contributed by atoms with Crippen LogP contribution < -0.4 is 0 Å². The first-order valence-electron chi connectivity index (χ1n) is 6.42. The predicted molar refractivity (Wildman–Crippen MR) is 67.9 cm³/mol. The Bertz CT molecular complexity index is 395. The van der Waals surface area contributed by atoms with E-state index in [4.69, 9.17) is 0 Å². The van der Waals surface area contributed by atoms with Crippen molar-refractivity contribution in [3.63, 3.8) is 0 Å². The highest BCUT2D eigenvalue weighted by Crippen LogP contribution is 2.13. The molecule has 0 bridgehead atoms. The third kappa shape index (κ3) is 3.05. The fourth-order valence-corrected chi connectivity index (χ4v) is 2.21. The third-order valence-corrected chi connectivity index (χ3v) is 3.04. The minimum atomic E-state index is 0.0908. The average molecular weight is 232 g/mol. The van der Waals surface area contributed by atoms with Gasteiger partial charge in [-0.05, 0) is 37.3 Å². The van der Waals surface area contributed by atoms with Crippen LogP contribution in [0.25, 0.3) is 0 Å². The Balaban J connectivity index is 2.12. The van der Waals surface area contributed by atoms with E-state index in [0.29, 0.717) is 11.6 Å². The van der Waals surface area contributed by atoms with Gasteiger partial charge in [-0.15, -0.1) is 0 Å². The fraction of sp³-hybridized carbons (Fsp3) is 0.571. The van der Waals surface area contributed by atoms with Gasteiger partial charge in [0.1, 0.15) is 5.69 Å². The molecule has 0 N–H and O–H groups in total. The Labute approximate surface area is 103 Å². The van der Waals surface area contributed by atoms with Crippen molar-refractivity contribution < 1.29 is 4.79 Å². The molecule has 3 nitrogen and oxygen atoms in total. The van der Waals surface area contributed by atoms with Crippen LogP contribution in [-0.2, 0) is 6.42 Å². The lowest BCUT2D eigenvalue weighted by atomic mass is 10.1. The van der Waals surface area contributed by atoms with Crippen molar-refractivity contribution in [1.29, 1.82) is 0 Å². The smallest absolute Gasteiger partial charge is 0.272 e. The third-order valence-electron chi connectivity index (χ3n) is 3.04. The maximum atomic E-state index is 12.1. The summed E-state index contributed by atoms with van der Waals surface area (Å²) in [4.78, 5) is 18.5. The van der Waals surface area contributed by atoms with E-state index in [1.165, 1.54) is 0 Å². The first-order valence-corrected chi connectivity index (χ1v) is 6.42. The zero-order chi connectivity index (χ0) is 12.3. The monoisotopic (exact) mass is 232 g/mol. The summed E-state index contributed by atoms with van der Waals surface area (Å²) in [7, 11) is 0. The van der Waals surface area contributed by atoms with Crippen LogP contribution in [-0.4, -0.2) is 28.9 Å². The number of pyridine rings is 1. The van der Waals surface area contributed by atoms with Crippen molar-refractivity contribution in [1.82, 2.24) is 9.88 Å². The van der Waals surface area contributed by atoms with E-state index in [9.17, 15) is 4.79 Å². The summed E-state index contributed by atoms with van der Waals surface area (Å²) in [6.07, 6.45) is 3.18. The Morgan fingerprint density at radius 1 is 1.35 bits per heavy atom. The Kier molecular flexibility index (Phi) is 3.77. The Morgan fingerprint density at radius 3 is 2.71 bits per heavy atom. The van der Waals surface area contributed by atoms with Gasteiger partial charge in [-0.1, -0.05) is 19.9 Å². The van der Waals surface area contributed by atoms with E-state index in [1.54, 1.807) is 0 Å². The molecular weight excluding hydrogens is 212 g/mol. The summed E-state index contributed by atoms with van der Waals surface area (Å²) in [5.41, 5.74) is 1.62. The second-order valence-corrected chi connectivity index (χ2v) is 5.11. The summed E-state index contributed by atoms with van der Waals surface area (Å²) in [6, 6.07) is 5.76. The van der Waals surface area contributed by atoms with Gasteiger partial charge in [0.2, 0.25) is 0 Å². The topological polar surface area (TPSA) is 33.2 Å². The maximum absolute atomic E-state index is 12.1. The first kappa shape index (κ1) is 12.1. The molecular formula is C14H20N2O. The molecule has 0 atom stereocenters. The first-order chi connectivity index (χ1) is 8.16. The summed E-state index contributed by atoms with van der Waals surface area (Å²) in [5, 5.41) is 0. The zero-order valence-corrected chi connectivity index (χ0v) is 10.6. The molecule has 0 saturated carbocycles. The molecule has 1 amide bonds. The lowest BCUT2D eigenvalue weighted by Gasteiger charge is -2.15. The van der Waals surface area contributed by atoms with Gasteiger partial charge in [-0.3, -0.25) is 4.79 Å². The number of amides is 1. The quantitative estimate of drug-likeness (QED) is 0.802. The molecule has 1 aromatic heterocycles. The SMILES string of the molecule is CC(C)Cc1cccc(C(=O)N2CCCC2)n1. The normalized spacial score (nSPS) is 15.6. The van der Waals surface area contributed by atoms with Crippen LogP contribution in [0.2, 0.25) is 0 Å². The van der Waals surface area contributed by atoms with Gasteiger partial charge in [0.05, 0.1) is 0 Å². The van der Waals surface area contributed by atoms with Gasteiger partial charge < -0.3 is 4.90 Å². The van der Waals surface area contributed by atoms with Crippen molar-refractivity contribution in [3.8, 4) is 0 Å². The molecule has 2 rings (SSSR count). The molecule has 0 spiro atoms. The minimum absolute atomic E-state index is 0.0908. The van der Waals surface area contributed by atoms with Crippen molar-refractivity contribution in [2.24, 2.45) is 5.92 Å². The van der Waals surface area contributed by atoms with E-state index in [1.807, 2.05) is 23.1 Å². The van der Waals surface area contributed by atoms with Gasteiger partial charge in [-0.2, -0.15) is 0 Å². The Hall–Kier alpha value is -1.38. The number of rotatable bonds is 3. The van der Waals surface area contributed by atoms with Crippen LogP contribution in [0.5, 0.6) is 0 Å². The van der Waals surface area contributed by atoms with Crippen LogP contribution >= 0.6 is 0 Å². The number of hydrogen-bond acceptors (Lipinski definition) is 2. The molecule has 17 heavy (non-hydrogen) atoms. The fourth-order valence-electron chi connectivity index (χ4n) is 2.21. The van der Waals surface area contributed by atoms with Gasteiger partial charge >= 0.3 is 0 Å². The molecule has 1 aliphatic rings. The lowest BCUT2D eigenvalue weighted by Crippen LogP contribution is -2.28. The summed E-state index contributed by atoms with van der Waals surface area (Å²) < 4.78 is 0. The minimum Gasteiger partial charge on any atom is -0.337 e. The highest BCUT2D eigenvalue weighted by Gasteiger charge is 2.20. The Morgan fingerprint density at radius 2 is 2.06 bits per heavy atom. The van der Waals surface area contributed by atoms with Gasteiger partial charge in [0, 0.05) is 18.8 Å². The van der Waals surface area contributed by atoms with E-state index in [0.717, 1.165) is 38.0 Å². The number of carbonyl (C=O) groups is 1. The molecule has 0 unspecified atom stereocenters. The van der Waals surface area contributed by atoms with E-state index in [-0.39, 0.29) is 5.91 Å². The largest absolute Gasteiger partial charge is 0.337 e.